The first-order chi connectivity index (χ1) is 8.70. The Morgan fingerprint density at radius 2 is 2.33 bits per heavy atom. The highest BCUT2D eigenvalue weighted by Crippen LogP contribution is 2.25. The summed E-state index contributed by atoms with van der Waals surface area (Å²) >= 11 is 6.00. The third-order valence-electron chi connectivity index (χ3n) is 2.57. The van der Waals surface area contributed by atoms with Gasteiger partial charge in [-0.2, -0.15) is 5.26 Å². The normalized spacial score (nSPS) is 10.1. The molecule has 1 aromatic heterocycles. The second kappa shape index (κ2) is 5.56. The molecular weight excluding hydrogens is 250 g/mol. The molecular formula is C13H12ClN3O. The molecule has 0 fully saturated rings. The molecule has 0 saturated heterocycles. The first-order valence-corrected chi connectivity index (χ1v) is 5.88. The molecule has 4 nitrogen and oxygen atoms in total. The molecule has 0 unspecified atom stereocenters. The van der Waals surface area contributed by atoms with Gasteiger partial charge in [-0.3, -0.25) is 0 Å². The standard InChI is InChI=1S/C13H12ClN3O/c1-10-16-4-5-17(10)6-7-18-13-3-2-11(9-15)8-12(13)14/h2-5,8H,6-7H2,1H3. The summed E-state index contributed by atoms with van der Waals surface area (Å²) in [7, 11) is 0. The largest absolute Gasteiger partial charge is 0.490 e. The predicted molar refractivity (Wildman–Crippen MR) is 68.6 cm³/mol. The minimum atomic E-state index is 0.455. The van der Waals surface area contributed by atoms with Crippen molar-refractivity contribution < 1.29 is 4.74 Å². The molecule has 0 spiro atoms. The van der Waals surface area contributed by atoms with Gasteiger partial charge in [-0.05, 0) is 25.1 Å². The molecule has 0 radical (unpaired) electrons. The summed E-state index contributed by atoms with van der Waals surface area (Å²) in [5.41, 5.74) is 0.526. The number of halogens is 1. The minimum Gasteiger partial charge on any atom is -0.490 e. The third kappa shape index (κ3) is 2.82. The summed E-state index contributed by atoms with van der Waals surface area (Å²) in [4.78, 5) is 4.13. The number of benzene rings is 1. The Morgan fingerprint density at radius 3 is 2.94 bits per heavy atom. The average molecular weight is 262 g/mol. The van der Waals surface area contributed by atoms with E-state index < -0.39 is 0 Å². The lowest BCUT2D eigenvalue weighted by Gasteiger charge is -2.09. The summed E-state index contributed by atoms with van der Waals surface area (Å²) in [5, 5.41) is 9.18. The number of nitriles is 1. The van der Waals surface area contributed by atoms with Crippen molar-refractivity contribution in [2.45, 2.75) is 13.5 Å². The topological polar surface area (TPSA) is 50.8 Å². The molecule has 0 bridgehead atoms. The summed E-state index contributed by atoms with van der Waals surface area (Å²) in [6.07, 6.45) is 3.66. The van der Waals surface area contributed by atoms with Gasteiger partial charge in [0.05, 0.1) is 23.2 Å². The van der Waals surface area contributed by atoms with Crippen molar-refractivity contribution in [2.24, 2.45) is 0 Å². The van der Waals surface area contributed by atoms with Crippen molar-refractivity contribution in [3.8, 4) is 11.8 Å². The minimum absolute atomic E-state index is 0.455. The maximum atomic E-state index is 8.72. The van der Waals surface area contributed by atoms with Crippen LogP contribution in [0.3, 0.4) is 0 Å². The first-order valence-electron chi connectivity index (χ1n) is 5.51. The molecule has 2 aromatic rings. The second-order valence-corrected chi connectivity index (χ2v) is 4.18. The number of aromatic nitrogens is 2. The van der Waals surface area contributed by atoms with Crippen LogP contribution in [0.4, 0.5) is 0 Å². The highest BCUT2D eigenvalue weighted by molar-refractivity contribution is 6.32. The van der Waals surface area contributed by atoms with E-state index in [2.05, 4.69) is 4.98 Å². The Kier molecular flexibility index (Phi) is 3.85. The Labute approximate surface area is 110 Å². The van der Waals surface area contributed by atoms with Crippen molar-refractivity contribution in [1.82, 2.24) is 9.55 Å². The van der Waals surface area contributed by atoms with Gasteiger partial charge in [0.2, 0.25) is 0 Å². The summed E-state index contributed by atoms with van der Waals surface area (Å²) in [6, 6.07) is 7.02. The van der Waals surface area contributed by atoms with Gasteiger partial charge in [0.15, 0.2) is 0 Å². The molecule has 0 saturated carbocycles. The molecule has 0 N–H and O–H groups in total. The van der Waals surface area contributed by atoms with Crippen LogP contribution in [0, 0.1) is 18.3 Å². The Hall–Kier alpha value is -1.99. The van der Waals surface area contributed by atoms with E-state index >= 15 is 0 Å². The highest BCUT2D eigenvalue weighted by Gasteiger charge is 2.03. The SMILES string of the molecule is Cc1nccn1CCOc1ccc(C#N)cc1Cl. The lowest BCUT2D eigenvalue weighted by atomic mass is 10.2. The van der Waals surface area contributed by atoms with Crippen LogP contribution in [0.2, 0.25) is 5.02 Å². The molecule has 1 heterocycles. The van der Waals surface area contributed by atoms with E-state index in [1.807, 2.05) is 23.8 Å². The van der Waals surface area contributed by atoms with E-state index in [-0.39, 0.29) is 0 Å². The monoisotopic (exact) mass is 261 g/mol. The van der Waals surface area contributed by atoms with Crippen LogP contribution < -0.4 is 4.74 Å². The second-order valence-electron chi connectivity index (χ2n) is 3.77. The van der Waals surface area contributed by atoms with Gasteiger partial charge in [0, 0.05) is 12.4 Å². The number of aryl methyl sites for hydroxylation is 1. The van der Waals surface area contributed by atoms with Gasteiger partial charge in [-0.25, -0.2) is 4.98 Å². The van der Waals surface area contributed by atoms with E-state index in [1.54, 1.807) is 24.4 Å². The number of hydrogen-bond acceptors (Lipinski definition) is 3. The number of hydrogen-bond donors (Lipinski definition) is 0. The fourth-order valence-electron chi connectivity index (χ4n) is 1.58. The number of imidazole rings is 1. The van der Waals surface area contributed by atoms with Gasteiger partial charge in [-0.1, -0.05) is 11.6 Å². The number of ether oxygens (including phenoxy) is 1. The van der Waals surface area contributed by atoms with Crippen LogP contribution in [-0.2, 0) is 6.54 Å². The van der Waals surface area contributed by atoms with Gasteiger partial charge in [-0.15, -0.1) is 0 Å². The zero-order valence-electron chi connectivity index (χ0n) is 9.93. The Bertz CT molecular complexity index is 586. The van der Waals surface area contributed by atoms with E-state index in [1.165, 1.54) is 0 Å². The Balaban J connectivity index is 1.95. The summed E-state index contributed by atoms with van der Waals surface area (Å²) < 4.78 is 7.57. The van der Waals surface area contributed by atoms with E-state index in [0.717, 1.165) is 5.82 Å². The molecule has 5 heteroatoms. The summed E-state index contributed by atoms with van der Waals surface area (Å²) in [6.45, 7) is 3.15. The molecule has 0 aliphatic heterocycles. The lowest BCUT2D eigenvalue weighted by Crippen LogP contribution is -2.09. The van der Waals surface area contributed by atoms with Crippen molar-refractivity contribution >= 4 is 11.6 Å². The van der Waals surface area contributed by atoms with E-state index in [4.69, 9.17) is 21.6 Å². The van der Waals surface area contributed by atoms with Crippen LogP contribution in [0.15, 0.2) is 30.6 Å². The summed E-state index contributed by atoms with van der Waals surface area (Å²) in [5.74, 6) is 1.54. The number of rotatable bonds is 4. The van der Waals surface area contributed by atoms with E-state index in [9.17, 15) is 0 Å². The molecule has 18 heavy (non-hydrogen) atoms. The predicted octanol–water partition coefficient (Wildman–Crippen LogP) is 2.80. The molecule has 0 aliphatic rings. The molecule has 1 aromatic carbocycles. The van der Waals surface area contributed by atoms with Crippen molar-refractivity contribution in [3.63, 3.8) is 0 Å². The van der Waals surface area contributed by atoms with Crippen LogP contribution in [0.5, 0.6) is 5.75 Å². The fraction of sp³-hybridized carbons (Fsp3) is 0.231. The average Bonchev–Trinajstić information content (AvgIpc) is 2.77. The van der Waals surface area contributed by atoms with Crippen LogP contribution in [0.1, 0.15) is 11.4 Å². The first kappa shape index (κ1) is 12.5. The third-order valence-corrected chi connectivity index (χ3v) is 2.87. The molecule has 2 rings (SSSR count). The van der Waals surface area contributed by atoms with Gasteiger partial charge < -0.3 is 9.30 Å². The maximum Gasteiger partial charge on any atom is 0.138 e. The molecule has 0 aliphatic carbocycles. The van der Waals surface area contributed by atoms with Gasteiger partial charge in [0.1, 0.15) is 18.2 Å². The van der Waals surface area contributed by atoms with Gasteiger partial charge in [0.25, 0.3) is 0 Å². The zero-order valence-corrected chi connectivity index (χ0v) is 10.7. The van der Waals surface area contributed by atoms with Crippen molar-refractivity contribution in [2.75, 3.05) is 6.61 Å². The van der Waals surface area contributed by atoms with Gasteiger partial charge >= 0.3 is 0 Å². The highest BCUT2D eigenvalue weighted by atomic mass is 35.5. The molecule has 0 atom stereocenters. The van der Waals surface area contributed by atoms with Crippen LogP contribution >= 0.6 is 11.6 Å². The maximum absolute atomic E-state index is 8.72. The smallest absolute Gasteiger partial charge is 0.138 e. The quantitative estimate of drug-likeness (QED) is 0.850. The lowest BCUT2D eigenvalue weighted by molar-refractivity contribution is 0.297. The van der Waals surface area contributed by atoms with Crippen molar-refractivity contribution in [3.05, 3.63) is 47.0 Å². The van der Waals surface area contributed by atoms with Crippen LogP contribution in [-0.4, -0.2) is 16.2 Å². The molecule has 92 valence electrons. The molecule has 0 amide bonds. The van der Waals surface area contributed by atoms with Crippen molar-refractivity contribution in [1.29, 1.82) is 5.26 Å². The fourth-order valence-corrected chi connectivity index (χ4v) is 1.82. The van der Waals surface area contributed by atoms with E-state index in [0.29, 0.717) is 29.5 Å². The Morgan fingerprint density at radius 1 is 1.50 bits per heavy atom. The zero-order chi connectivity index (χ0) is 13.0. The number of nitrogens with zero attached hydrogens (tertiary/aromatic N) is 3. The van der Waals surface area contributed by atoms with Crippen LogP contribution in [0.25, 0.3) is 0 Å².